The Balaban J connectivity index is 2.11. The van der Waals surface area contributed by atoms with Gasteiger partial charge >= 0.3 is 12.2 Å². The van der Waals surface area contributed by atoms with Crippen molar-refractivity contribution in [2.45, 2.75) is 25.6 Å². The summed E-state index contributed by atoms with van der Waals surface area (Å²) in [4.78, 5) is 12.0. The number of carbonyl (C=O) groups excluding carboxylic acids is 1. The summed E-state index contributed by atoms with van der Waals surface area (Å²) in [7, 11) is 1.72. The number of hydrogen-bond donors (Lipinski definition) is 2. The number of aryl methyl sites for hydroxylation is 1. The van der Waals surface area contributed by atoms with E-state index in [1.54, 1.807) is 24.1 Å². The van der Waals surface area contributed by atoms with Crippen LogP contribution in [0.4, 0.5) is 28.0 Å². The second-order valence-corrected chi connectivity index (χ2v) is 5.20. The van der Waals surface area contributed by atoms with Crippen LogP contribution in [0.2, 0.25) is 0 Å². The van der Waals surface area contributed by atoms with E-state index < -0.39 is 35.3 Å². The smallest absolute Gasteiger partial charge is 0.331 e. The van der Waals surface area contributed by atoms with Crippen LogP contribution >= 0.6 is 0 Å². The molecule has 0 saturated heterocycles. The molecule has 0 aliphatic rings. The van der Waals surface area contributed by atoms with E-state index in [1.807, 2.05) is 6.92 Å². The van der Waals surface area contributed by atoms with Gasteiger partial charge in [-0.25, -0.2) is 9.18 Å². The number of amides is 2. The summed E-state index contributed by atoms with van der Waals surface area (Å²) >= 11 is 0. The first-order chi connectivity index (χ1) is 11.2. The maximum Gasteiger partial charge on any atom is 0.416 e. The van der Waals surface area contributed by atoms with Gasteiger partial charge in [-0.1, -0.05) is 6.92 Å². The van der Waals surface area contributed by atoms with Gasteiger partial charge in [-0.2, -0.15) is 18.3 Å². The van der Waals surface area contributed by atoms with E-state index in [4.69, 9.17) is 0 Å². The lowest BCUT2D eigenvalue weighted by Gasteiger charge is -2.17. The molecule has 9 heteroatoms. The van der Waals surface area contributed by atoms with E-state index in [9.17, 15) is 22.4 Å². The van der Waals surface area contributed by atoms with E-state index in [0.717, 1.165) is 5.56 Å². The Bertz CT molecular complexity index is 727. The maximum atomic E-state index is 13.6. The van der Waals surface area contributed by atoms with E-state index in [-0.39, 0.29) is 0 Å². The Morgan fingerprint density at radius 3 is 2.62 bits per heavy atom. The van der Waals surface area contributed by atoms with Gasteiger partial charge in [0.15, 0.2) is 0 Å². The molecule has 2 rings (SSSR count). The van der Waals surface area contributed by atoms with Gasteiger partial charge in [-0.05, 0) is 24.6 Å². The molecule has 0 aliphatic carbocycles. The number of nitrogens with one attached hydrogen (secondary N) is 2. The fourth-order valence-corrected chi connectivity index (χ4v) is 2.16. The normalized spacial score (nSPS) is 12.8. The largest absolute Gasteiger partial charge is 0.416 e. The molecule has 0 radical (unpaired) electrons. The average Bonchev–Trinajstić information content (AvgIpc) is 2.92. The zero-order valence-corrected chi connectivity index (χ0v) is 13.0. The van der Waals surface area contributed by atoms with Gasteiger partial charge in [-0.3, -0.25) is 4.68 Å². The fraction of sp³-hybridized carbons (Fsp3) is 0.333. The van der Waals surface area contributed by atoms with Crippen molar-refractivity contribution in [3.8, 4) is 0 Å². The third-order valence-electron chi connectivity index (χ3n) is 3.38. The van der Waals surface area contributed by atoms with Crippen LogP contribution in [0.1, 0.15) is 30.5 Å². The number of alkyl halides is 3. The molecular formula is C15H16F4N4O. The predicted octanol–water partition coefficient (Wildman–Crippen LogP) is 3.85. The molecule has 1 atom stereocenters. The molecular weight excluding hydrogens is 328 g/mol. The first-order valence-electron chi connectivity index (χ1n) is 7.13. The maximum absolute atomic E-state index is 13.6. The van der Waals surface area contributed by atoms with Gasteiger partial charge in [0.05, 0.1) is 23.5 Å². The van der Waals surface area contributed by atoms with E-state index in [2.05, 4.69) is 15.7 Å². The summed E-state index contributed by atoms with van der Waals surface area (Å²) < 4.78 is 53.2. The van der Waals surface area contributed by atoms with Crippen molar-refractivity contribution >= 4 is 11.7 Å². The van der Waals surface area contributed by atoms with Crippen LogP contribution in [-0.2, 0) is 13.2 Å². The first-order valence-corrected chi connectivity index (χ1v) is 7.13. The first kappa shape index (κ1) is 17.8. The molecule has 0 aliphatic heterocycles. The molecule has 2 aromatic rings. The van der Waals surface area contributed by atoms with Crippen LogP contribution in [-0.4, -0.2) is 15.8 Å². The molecule has 5 nitrogen and oxygen atoms in total. The van der Waals surface area contributed by atoms with Gasteiger partial charge in [0.2, 0.25) is 0 Å². The highest BCUT2D eigenvalue weighted by Crippen LogP contribution is 2.31. The molecule has 1 aromatic carbocycles. The lowest BCUT2D eigenvalue weighted by molar-refractivity contribution is -0.137. The topological polar surface area (TPSA) is 59.0 Å². The van der Waals surface area contributed by atoms with E-state index in [0.29, 0.717) is 24.6 Å². The molecule has 130 valence electrons. The van der Waals surface area contributed by atoms with Crippen molar-refractivity contribution < 1.29 is 22.4 Å². The molecule has 0 spiro atoms. The number of urea groups is 1. The van der Waals surface area contributed by atoms with Gasteiger partial charge in [0.1, 0.15) is 5.82 Å². The summed E-state index contributed by atoms with van der Waals surface area (Å²) in [6.07, 6.45) is -0.814. The summed E-state index contributed by atoms with van der Waals surface area (Å²) in [5.41, 5.74) is -0.846. The summed E-state index contributed by atoms with van der Waals surface area (Å²) in [5.74, 6) is -0.951. The number of aromatic nitrogens is 2. The number of rotatable bonds is 4. The van der Waals surface area contributed by atoms with Gasteiger partial charge in [-0.15, -0.1) is 0 Å². The van der Waals surface area contributed by atoms with Gasteiger partial charge in [0, 0.05) is 18.8 Å². The second kappa shape index (κ2) is 6.90. The van der Waals surface area contributed by atoms with Gasteiger partial charge in [0.25, 0.3) is 0 Å². The average molecular weight is 344 g/mol. The van der Waals surface area contributed by atoms with Crippen molar-refractivity contribution in [3.63, 3.8) is 0 Å². The molecule has 0 bridgehead atoms. The van der Waals surface area contributed by atoms with Crippen LogP contribution in [0.25, 0.3) is 0 Å². The number of hydrogen-bond acceptors (Lipinski definition) is 2. The Labute approximate surface area is 135 Å². The van der Waals surface area contributed by atoms with Crippen molar-refractivity contribution in [3.05, 3.63) is 47.5 Å². The number of anilines is 1. The third kappa shape index (κ3) is 4.24. The number of nitrogens with zero attached hydrogens (tertiary/aromatic N) is 2. The monoisotopic (exact) mass is 344 g/mol. The van der Waals surface area contributed by atoms with Gasteiger partial charge < -0.3 is 10.6 Å². The minimum atomic E-state index is -4.62. The molecule has 2 N–H and O–H groups in total. The van der Waals surface area contributed by atoms with Crippen molar-refractivity contribution in [2.24, 2.45) is 7.05 Å². The summed E-state index contributed by atoms with van der Waals surface area (Å²) in [6.45, 7) is 1.82. The van der Waals surface area contributed by atoms with Crippen LogP contribution in [0.15, 0.2) is 30.6 Å². The highest BCUT2D eigenvalue weighted by Gasteiger charge is 2.31. The van der Waals surface area contributed by atoms with Crippen LogP contribution in [0.5, 0.6) is 0 Å². The molecule has 0 fully saturated rings. The van der Waals surface area contributed by atoms with Crippen LogP contribution in [0, 0.1) is 5.82 Å². The molecule has 1 aromatic heterocycles. The number of carbonyl (C=O) groups is 1. The summed E-state index contributed by atoms with van der Waals surface area (Å²) in [5, 5.41) is 8.68. The lowest BCUT2D eigenvalue weighted by atomic mass is 10.1. The SMILES string of the molecule is CC[C@@H](NC(=O)Nc1cc(C(F)(F)F)ccc1F)c1cnn(C)c1. The number of benzene rings is 1. The molecule has 1 heterocycles. The number of halogens is 4. The van der Waals surface area contributed by atoms with Crippen LogP contribution in [0.3, 0.4) is 0 Å². The second-order valence-electron chi connectivity index (χ2n) is 5.20. The third-order valence-corrected chi connectivity index (χ3v) is 3.38. The fourth-order valence-electron chi connectivity index (χ4n) is 2.16. The van der Waals surface area contributed by atoms with E-state index >= 15 is 0 Å². The predicted molar refractivity (Wildman–Crippen MR) is 79.8 cm³/mol. The quantitative estimate of drug-likeness (QED) is 0.828. The van der Waals surface area contributed by atoms with Crippen molar-refractivity contribution in [1.29, 1.82) is 0 Å². The van der Waals surface area contributed by atoms with Crippen LogP contribution < -0.4 is 10.6 Å². The lowest BCUT2D eigenvalue weighted by Crippen LogP contribution is -2.32. The minimum Gasteiger partial charge on any atom is -0.331 e. The molecule has 2 amide bonds. The Kier molecular flexibility index (Phi) is 5.10. The Hall–Kier alpha value is -2.58. The zero-order chi connectivity index (χ0) is 17.9. The highest BCUT2D eigenvalue weighted by atomic mass is 19.4. The van der Waals surface area contributed by atoms with Crippen molar-refractivity contribution in [1.82, 2.24) is 15.1 Å². The minimum absolute atomic E-state index is 0.396. The zero-order valence-electron chi connectivity index (χ0n) is 13.0. The molecule has 24 heavy (non-hydrogen) atoms. The highest BCUT2D eigenvalue weighted by molar-refractivity contribution is 5.89. The molecule has 0 saturated carbocycles. The van der Waals surface area contributed by atoms with E-state index in [1.165, 1.54) is 0 Å². The Morgan fingerprint density at radius 1 is 1.38 bits per heavy atom. The molecule has 0 unspecified atom stereocenters. The Morgan fingerprint density at radius 2 is 2.08 bits per heavy atom. The standard InChI is InChI=1S/C15H16F4N4O/c1-3-12(9-7-20-23(2)8-9)21-14(24)22-13-6-10(15(17,18)19)4-5-11(13)16/h4-8,12H,3H2,1-2H3,(H2,21,22,24)/t12-/m1/s1. The summed E-state index contributed by atoms with van der Waals surface area (Å²) in [6, 6.07) is 0.635. The van der Waals surface area contributed by atoms with Crippen molar-refractivity contribution in [2.75, 3.05) is 5.32 Å².